The molecule has 0 bridgehead atoms. The lowest BCUT2D eigenvalue weighted by molar-refractivity contribution is 0.203. The molecule has 2 amide bonds. The molecule has 0 radical (unpaired) electrons. The summed E-state index contributed by atoms with van der Waals surface area (Å²) in [5.41, 5.74) is 1.65. The fourth-order valence-electron chi connectivity index (χ4n) is 2.34. The van der Waals surface area contributed by atoms with E-state index in [-0.39, 0.29) is 17.8 Å². The molecule has 134 valence electrons. The van der Waals surface area contributed by atoms with Crippen molar-refractivity contribution in [3.63, 3.8) is 0 Å². The van der Waals surface area contributed by atoms with Crippen molar-refractivity contribution < 1.29 is 14.6 Å². The normalized spacial score (nSPS) is 11.7. The second-order valence-electron chi connectivity index (χ2n) is 5.71. The number of aromatic hydroxyl groups is 1. The molecular weight excluding hydrogens is 363 g/mol. The number of carbonyl (C=O) groups excluding carboxylic acids is 1. The largest absolute Gasteiger partial charge is 0.504 e. The lowest BCUT2D eigenvalue weighted by Gasteiger charge is -2.22. The molecule has 2 aromatic carbocycles. The Bertz CT molecular complexity index is 768. The van der Waals surface area contributed by atoms with Gasteiger partial charge in [-0.1, -0.05) is 35.3 Å². The lowest BCUT2D eigenvalue weighted by atomic mass is 10.1. The number of nitrogens with zero attached hydrogens (tertiary/aromatic N) is 1. The highest BCUT2D eigenvalue weighted by molar-refractivity contribution is 6.42. The van der Waals surface area contributed by atoms with E-state index in [2.05, 4.69) is 5.32 Å². The monoisotopic (exact) mass is 382 g/mol. The maximum absolute atomic E-state index is 12.4. The Morgan fingerprint density at radius 3 is 2.56 bits per heavy atom. The maximum Gasteiger partial charge on any atom is 0.317 e. The Labute approximate surface area is 157 Å². The minimum Gasteiger partial charge on any atom is -0.504 e. The number of ether oxygens (including phenoxy) is 1. The molecule has 7 heteroatoms. The van der Waals surface area contributed by atoms with E-state index in [4.69, 9.17) is 27.9 Å². The van der Waals surface area contributed by atoms with E-state index in [1.807, 2.05) is 13.0 Å². The highest BCUT2D eigenvalue weighted by Gasteiger charge is 2.15. The second kappa shape index (κ2) is 8.32. The summed E-state index contributed by atoms with van der Waals surface area (Å²) >= 11 is 11.9. The van der Waals surface area contributed by atoms with Gasteiger partial charge < -0.3 is 20.1 Å². The van der Waals surface area contributed by atoms with Gasteiger partial charge in [0.2, 0.25) is 0 Å². The summed E-state index contributed by atoms with van der Waals surface area (Å²) in [7, 11) is 3.16. The van der Waals surface area contributed by atoms with Crippen molar-refractivity contribution in [2.24, 2.45) is 0 Å². The fraction of sp³-hybridized carbons (Fsp3) is 0.278. The molecule has 0 heterocycles. The molecule has 0 aliphatic heterocycles. The predicted octanol–water partition coefficient (Wildman–Crippen LogP) is 4.61. The summed E-state index contributed by atoms with van der Waals surface area (Å²) in [4.78, 5) is 13.9. The number of amides is 2. The van der Waals surface area contributed by atoms with Gasteiger partial charge in [0, 0.05) is 13.6 Å². The zero-order chi connectivity index (χ0) is 18.6. The van der Waals surface area contributed by atoms with Gasteiger partial charge >= 0.3 is 6.03 Å². The molecule has 0 saturated carbocycles. The highest BCUT2D eigenvalue weighted by atomic mass is 35.5. The third kappa shape index (κ3) is 4.94. The van der Waals surface area contributed by atoms with E-state index < -0.39 is 0 Å². The smallest absolute Gasteiger partial charge is 0.317 e. The SMILES string of the molecule is COc1ccc(CN(C)C(=O)NC(C)c2ccc(Cl)c(Cl)c2)cc1O. The van der Waals surface area contributed by atoms with Gasteiger partial charge in [0.25, 0.3) is 0 Å². The predicted molar refractivity (Wildman–Crippen MR) is 99.5 cm³/mol. The van der Waals surface area contributed by atoms with Gasteiger partial charge in [-0.15, -0.1) is 0 Å². The van der Waals surface area contributed by atoms with Crippen molar-refractivity contribution >= 4 is 29.2 Å². The minimum atomic E-state index is -0.242. The zero-order valence-corrected chi connectivity index (χ0v) is 15.7. The molecule has 1 atom stereocenters. The average molecular weight is 383 g/mol. The number of methoxy groups -OCH3 is 1. The van der Waals surface area contributed by atoms with Gasteiger partial charge in [-0.25, -0.2) is 4.79 Å². The van der Waals surface area contributed by atoms with Gasteiger partial charge in [0.15, 0.2) is 11.5 Å². The Morgan fingerprint density at radius 1 is 1.24 bits per heavy atom. The molecular formula is C18H20Cl2N2O3. The van der Waals surface area contributed by atoms with Gasteiger partial charge in [-0.3, -0.25) is 0 Å². The third-order valence-electron chi connectivity index (χ3n) is 3.79. The van der Waals surface area contributed by atoms with Gasteiger partial charge in [-0.2, -0.15) is 0 Å². The topological polar surface area (TPSA) is 61.8 Å². The Hall–Kier alpha value is -2.11. The van der Waals surface area contributed by atoms with E-state index in [0.29, 0.717) is 22.3 Å². The first-order valence-electron chi connectivity index (χ1n) is 7.64. The number of urea groups is 1. The van der Waals surface area contributed by atoms with E-state index in [1.165, 1.54) is 12.0 Å². The van der Waals surface area contributed by atoms with Crippen LogP contribution in [0.1, 0.15) is 24.1 Å². The highest BCUT2D eigenvalue weighted by Crippen LogP contribution is 2.27. The first kappa shape index (κ1) is 19.2. The Kier molecular flexibility index (Phi) is 6.39. The quantitative estimate of drug-likeness (QED) is 0.793. The van der Waals surface area contributed by atoms with Crippen LogP contribution < -0.4 is 10.1 Å². The molecule has 0 spiro atoms. The summed E-state index contributed by atoms with van der Waals surface area (Å²) in [5.74, 6) is 0.432. The van der Waals surface area contributed by atoms with Crippen LogP contribution in [0, 0.1) is 0 Å². The zero-order valence-electron chi connectivity index (χ0n) is 14.2. The molecule has 5 nitrogen and oxygen atoms in total. The number of hydrogen-bond acceptors (Lipinski definition) is 3. The van der Waals surface area contributed by atoms with Gasteiger partial charge in [0.1, 0.15) is 0 Å². The number of phenols is 1. The maximum atomic E-state index is 12.4. The Morgan fingerprint density at radius 2 is 1.96 bits per heavy atom. The van der Waals surface area contributed by atoms with Crippen LogP contribution in [0.3, 0.4) is 0 Å². The standard InChI is InChI=1S/C18H20Cl2N2O3/c1-11(13-5-6-14(19)15(20)9-13)21-18(24)22(2)10-12-4-7-17(25-3)16(23)8-12/h4-9,11,23H,10H2,1-3H3,(H,21,24). The second-order valence-corrected chi connectivity index (χ2v) is 6.52. The molecule has 0 aromatic heterocycles. The van der Waals surface area contributed by atoms with Crippen molar-refractivity contribution in [3.05, 3.63) is 57.6 Å². The molecule has 25 heavy (non-hydrogen) atoms. The first-order chi connectivity index (χ1) is 11.8. The molecule has 0 aliphatic carbocycles. The number of phenolic OH excluding ortho intramolecular Hbond substituents is 1. The third-order valence-corrected chi connectivity index (χ3v) is 4.53. The van der Waals surface area contributed by atoms with Gasteiger partial charge in [0.05, 0.1) is 23.2 Å². The first-order valence-corrected chi connectivity index (χ1v) is 8.40. The number of benzene rings is 2. The van der Waals surface area contributed by atoms with Crippen LogP contribution >= 0.6 is 23.2 Å². The van der Waals surface area contributed by atoms with Crippen LogP contribution in [0.5, 0.6) is 11.5 Å². The van der Waals surface area contributed by atoms with E-state index in [1.54, 1.807) is 37.4 Å². The number of carbonyl (C=O) groups is 1. The lowest BCUT2D eigenvalue weighted by Crippen LogP contribution is -2.38. The molecule has 2 rings (SSSR count). The van der Waals surface area contributed by atoms with Gasteiger partial charge in [-0.05, 0) is 42.3 Å². The molecule has 0 fully saturated rings. The molecule has 0 saturated heterocycles. The van der Waals surface area contributed by atoms with Crippen molar-refractivity contribution in [2.45, 2.75) is 19.5 Å². The van der Waals surface area contributed by atoms with Crippen LogP contribution in [0.4, 0.5) is 4.79 Å². The molecule has 1 unspecified atom stereocenters. The van der Waals surface area contributed by atoms with E-state index >= 15 is 0 Å². The minimum absolute atomic E-state index is 0.0398. The number of halogens is 2. The van der Waals surface area contributed by atoms with E-state index in [0.717, 1.165) is 11.1 Å². The summed E-state index contributed by atoms with van der Waals surface area (Å²) < 4.78 is 5.01. The number of hydrogen-bond donors (Lipinski definition) is 2. The van der Waals surface area contributed by atoms with Crippen LogP contribution in [0.2, 0.25) is 10.0 Å². The average Bonchev–Trinajstić information content (AvgIpc) is 2.57. The molecule has 2 N–H and O–H groups in total. The molecule has 0 aliphatic rings. The summed E-state index contributed by atoms with van der Waals surface area (Å²) in [5, 5.41) is 13.6. The summed E-state index contributed by atoms with van der Waals surface area (Å²) in [6, 6.07) is 9.82. The molecule has 2 aromatic rings. The van der Waals surface area contributed by atoms with Crippen molar-refractivity contribution in [2.75, 3.05) is 14.2 Å². The van der Waals surface area contributed by atoms with Crippen LogP contribution in [-0.4, -0.2) is 30.2 Å². The van der Waals surface area contributed by atoms with Crippen molar-refractivity contribution in [1.82, 2.24) is 10.2 Å². The summed E-state index contributed by atoms with van der Waals surface area (Å²) in [6.07, 6.45) is 0. The van der Waals surface area contributed by atoms with Crippen molar-refractivity contribution in [1.29, 1.82) is 0 Å². The van der Waals surface area contributed by atoms with Crippen LogP contribution in [0.15, 0.2) is 36.4 Å². The van der Waals surface area contributed by atoms with E-state index in [9.17, 15) is 9.90 Å². The van der Waals surface area contributed by atoms with Crippen molar-refractivity contribution in [3.8, 4) is 11.5 Å². The number of nitrogens with one attached hydrogen (secondary N) is 1. The fourth-order valence-corrected chi connectivity index (χ4v) is 2.65. The van der Waals surface area contributed by atoms with Crippen LogP contribution in [-0.2, 0) is 6.54 Å². The Balaban J connectivity index is 1.99. The van der Waals surface area contributed by atoms with Crippen LogP contribution in [0.25, 0.3) is 0 Å². The number of rotatable bonds is 5. The summed E-state index contributed by atoms with van der Waals surface area (Å²) in [6.45, 7) is 2.21.